The molecule has 2 aromatic rings. The van der Waals surface area contributed by atoms with Crippen molar-refractivity contribution in [3.05, 3.63) is 57.3 Å². The van der Waals surface area contributed by atoms with Gasteiger partial charge < -0.3 is 11.5 Å². The van der Waals surface area contributed by atoms with Gasteiger partial charge in [0.05, 0.1) is 17.6 Å². The molecule has 0 saturated carbocycles. The molecule has 146 valence electrons. The molecular formula is C20H30N6S. The Morgan fingerprint density at radius 2 is 2.15 bits per heavy atom. The summed E-state index contributed by atoms with van der Waals surface area (Å²) < 4.78 is 1.83. The van der Waals surface area contributed by atoms with Gasteiger partial charge in [-0.1, -0.05) is 6.08 Å². The number of hydrogen-bond acceptors (Lipinski definition) is 6. The molecule has 7 heteroatoms. The van der Waals surface area contributed by atoms with Gasteiger partial charge in [0.1, 0.15) is 0 Å². The average Bonchev–Trinajstić information content (AvgIpc) is 3.29. The third-order valence-electron chi connectivity index (χ3n) is 4.35. The average molecular weight is 387 g/mol. The van der Waals surface area contributed by atoms with E-state index in [0.29, 0.717) is 6.04 Å². The number of rotatable bonds is 6. The predicted molar refractivity (Wildman–Crippen MR) is 115 cm³/mol. The van der Waals surface area contributed by atoms with Crippen LogP contribution in [0.3, 0.4) is 0 Å². The molecule has 0 radical (unpaired) electrons. The number of nitrogens with zero attached hydrogens (tertiary/aromatic N) is 4. The molecule has 0 atom stereocenters. The first kappa shape index (κ1) is 20.9. The standard InChI is InChI=1S/C20H27N5S.H3N/c1-14(2)25-20(10-15(3)23-25)19(7-6-18-8-9-26-16(18)4)21-11-17-12-22-24(5)13-17;/h6-9,12-14,21H,10-11H2,1-5H3;1H3/b7-6+,20-19-;. The second-order valence-corrected chi connectivity index (χ2v) is 8.07. The van der Waals surface area contributed by atoms with Crippen LogP contribution in [0.4, 0.5) is 0 Å². The highest BCUT2D eigenvalue weighted by Gasteiger charge is 2.23. The number of aromatic nitrogens is 2. The van der Waals surface area contributed by atoms with Crippen molar-refractivity contribution in [3.8, 4) is 0 Å². The molecule has 0 bridgehead atoms. The minimum atomic E-state index is 0. The van der Waals surface area contributed by atoms with E-state index in [9.17, 15) is 0 Å². The summed E-state index contributed by atoms with van der Waals surface area (Å²) in [5, 5.41) is 16.8. The van der Waals surface area contributed by atoms with Gasteiger partial charge in [0.15, 0.2) is 0 Å². The largest absolute Gasteiger partial charge is 0.379 e. The molecule has 0 saturated heterocycles. The summed E-state index contributed by atoms with van der Waals surface area (Å²) in [6.45, 7) is 9.34. The fraction of sp³-hybridized carbons (Fsp3) is 0.400. The van der Waals surface area contributed by atoms with Crippen molar-refractivity contribution in [2.75, 3.05) is 0 Å². The second-order valence-electron chi connectivity index (χ2n) is 6.95. The van der Waals surface area contributed by atoms with Crippen molar-refractivity contribution >= 4 is 23.1 Å². The zero-order chi connectivity index (χ0) is 18.7. The molecule has 1 aliphatic rings. The van der Waals surface area contributed by atoms with Crippen LogP contribution in [-0.2, 0) is 13.6 Å². The van der Waals surface area contributed by atoms with Crippen LogP contribution in [-0.4, -0.2) is 26.5 Å². The highest BCUT2D eigenvalue weighted by atomic mass is 32.1. The number of hydrazone groups is 1. The molecular weight excluding hydrogens is 356 g/mol. The maximum absolute atomic E-state index is 4.72. The Labute approximate surface area is 165 Å². The van der Waals surface area contributed by atoms with Crippen molar-refractivity contribution in [1.82, 2.24) is 26.3 Å². The summed E-state index contributed by atoms with van der Waals surface area (Å²) >= 11 is 1.78. The lowest BCUT2D eigenvalue weighted by atomic mass is 10.1. The fourth-order valence-electron chi connectivity index (χ4n) is 3.01. The van der Waals surface area contributed by atoms with Crippen LogP contribution >= 0.6 is 11.3 Å². The number of aryl methyl sites for hydroxylation is 2. The molecule has 0 amide bonds. The number of allylic oxidation sites excluding steroid dienone is 2. The van der Waals surface area contributed by atoms with Crippen LogP contribution in [0.25, 0.3) is 6.08 Å². The van der Waals surface area contributed by atoms with Crippen LogP contribution < -0.4 is 11.5 Å². The Morgan fingerprint density at radius 3 is 2.74 bits per heavy atom. The normalized spacial score (nSPS) is 16.1. The Morgan fingerprint density at radius 1 is 1.37 bits per heavy atom. The van der Waals surface area contributed by atoms with Crippen LogP contribution in [0.5, 0.6) is 0 Å². The molecule has 4 N–H and O–H groups in total. The Balaban J connectivity index is 0.00000261. The highest BCUT2D eigenvalue weighted by molar-refractivity contribution is 7.10. The number of thiophene rings is 1. The van der Waals surface area contributed by atoms with Gasteiger partial charge in [0.25, 0.3) is 0 Å². The molecule has 27 heavy (non-hydrogen) atoms. The molecule has 0 spiro atoms. The lowest BCUT2D eigenvalue weighted by Gasteiger charge is -2.23. The zero-order valence-corrected chi connectivity index (χ0v) is 17.7. The van der Waals surface area contributed by atoms with Crippen molar-refractivity contribution in [2.45, 2.75) is 46.7 Å². The van der Waals surface area contributed by atoms with Gasteiger partial charge in [0.2, 0.25) is 0 Å². The second kappa shape index (κ2) is 9.01. The molecule has 0 aromatic carbocycles. The number of nitrogens with one attached hydrogen (secondary N) is 1. The third kappa shape index (κ3) is 5.08. The smallest absolute Gasteiger partial charge is 0.0658 e. The summed E-state index contributed by atoms with van der Waals surface area (Å²) in [5.74, 6) is 0. The summed E-state index contributed by atoms with van der Waals surface area (Å²) in [5.41, 5.74) is 5.93. The van der Waals surface area contributed by atoms with E-state index in [1.807, 2.05) is 24.1 Å². The Hall–Kier alpha value is -2.38. The molecule has 3 rings (SSSR count). The summed E-state index contributed by atoms with van der Waals surface area (Å²) in [7, 11) is 1.94. The van der Waals surface area contributed by atoms with Gasteiger partial charge in [0, 0.05) is 48.4 Å². The molecule has 6 nitrogen and oxygen atoms in total. The summed E-state index contributed by atoms with van der Waals surface area (Å²) in [6, 6.07) is 2.49. The van der Waals surface area contributed by atoms with Gasteiger partial charge in [-0.15, -0.1) is 11.3 Å². The van der Waals surface area contributed by atoms with Crippen LogP contribution in [0, 0.1) is 6.92 Å². The number of hydrogen-bond donors (Lipinski definition) is 2. The van der Waals surface area contributed by atoms with E-state index in [-0.39, 0.29) is 6.15 Å². The third-order valence-corrected chi connectivity index (χ3v) is 5.21. The molecule has 0 unspecified atom stereocenters. The van der Waals surface area contributed by atoms with Gasteiger partial charge in [-0.25, -0.2) is 0 Å². The van der Waals surface area contributed by atoms with E-state index in [4.69, 9.17) is 5.10 Å². The monoisotopic (exact) mass is 386 g/mol. The molecule has 2 aromatic heterocycles. The van der Waals surface area contributed by atoms with Crippen molar-refractivity contribution in [2.24, 2.45) is 12.1 Å². The van der Waals surface area contributed by atoms with Crippen LogP contribution in [0.15, 0.2) is 46.4 Å². The summed E-state index contributed by atoms with van der Waals surface area (Å²) in [4.78, 5) is 1.33. The van der Waals surface area contributed by atoms with Gasteiger partial charge in [-0.3, -0.25) is 9.69 Å². The predicted octanol–water partition coefficient (Wildman–Crippen LogP) is 4.46. The van der Waals surface area contributed by atoms with E-state index in [0.717, 1.165) is 29.9 Å². The quantitative estimate of drug-likeness (QED) is 0.768. The summed E-state index contributed by atoms with van der Waals surface area (Å²) in [6.07, 6.45) is 9.19. The van der Waals surface area contributed by atoms with Crippen LogP contribution in [0.1, 0.15) is 43.2 Å². The Bertz CT molecular complexity index is 855. The van der Waals surface area contributed by atoms with E-state index >= 15 is 0 Å². The first-order valence-corrected chi connectivity index (χ1v) is 9.82. The molecule has 3 heterocycles. The van der Waals surface area contributed by atoms with Gasteiger partial charge in [-0.2, -0.15) is 10.2 Å². The first-order chi connectivity index (χ1) is 12.4. The van der Waals surface area contributed by atoms with Gasteiger partial charge >= 0.3 is 0 Å². The van der Waals surface area contributed by atoms with Crippen molar-refractivity contribution < 1.29 is 0 Å². The molecule has 0 aliphatic carbocycles. The van der Waals surface area contributed by atoms with E-state index in [1.165, 1.54) is 16.1 Å². The maximum Gasteiger partial charge on any atom is 0.0658 e. The maximum atomic E-state index is 4.72. The SMILES string of the molecule is CC1=NN(C(C)C)/C(=C(/C=C/c2ccsc2C)NCc2cnn(C)c2)C1.N. The van der Waals surface area contributed by atoms with Crippen molar-refractivity contribution in [3.63, 3.8) is 0 Å². The van der Waals surface area contributed by atoms with Crippen LogP contribution in [0.2, 0.25) is 0 Å². The topological polar surface area (TPSA) is 80.4 Å². The lowest BCUT2D eigenvalue weighted by Crippen LogP contribution is -2.25. The minimum Gasteiger partial charge on any atom is -0.379 e. The first-order valence-electron chi connectivity index (χ1n) is 8.94. The highest BCUT2D eigenvalue weighted by Crippen LogP contribution is 2.26. The Kier molecular flexibility index (Phi) is 6.98. The van der Waals surface area contributed by atoms with E-state index in [1.54, 1.807) is 11.3 Å². The fourth-order valence-corrected chi connectivity index (χ4v) is 3.70. The van der Waals surface area contributed by atoms with E-state index in [2.05, 4.69) is 66.7 Å². The molecule has 0 fully saturated rings. The van der Waals surface area contributed by atoms with Gasteiger partial charge in [-0.05, 0) is 50.8 Å². The van der Waals surface area contributed by atoms with E-state index < -0.39 is 0 Å². The lowest BCUT2D eigenvalue weighted by molar-refractivity contribution is 0.306. The minimum absolute atomic E-state index is 0. The zero-order valence-electron chi connectivity index (χ0n) is 16.9. The van der Waals surface area contributed by atoms with Crippen molar-refractivity contribution in [1.29, 1.82) is 0 Å². The molecule has 1 aliphatic heterocycles.